The maximum absolute atomic E-state index is 12.3. The molecule has 1 amide bonds. The predicted molar refractivity (Wildman–Crippen MR) is 103 cm³/mol. The Kier molecular flexibility index (Phi) is 7.16. The molecule has 26 heavy (non-hydrogen) atoms. The minimum Gasteiger partial charge on any atom is -0.352 e. The number of benzene rings is 1. The summed E-state index contributed by atoms with van der Waals surface area (Å²) in [5.74, 6) is -0.182. The molecule has 2 rings (SSSR count). The van der Waals surface area contributed by atoms with Crippen LogP contribution in [0.15, 0.2) is 29.2 Å². The van der Waals surface area contributed by atoms with E-state index in [0.29, 0.717) is 12.1 Å². The molecule has 1 heterocycles. The number of nitrogens with one attached hydrogen (secondary N) is 3. The highest BCUT2D eigenvalue weighted by molar-refractivity contribution is 7.89. The smallest absolute Gasteiger partial charge is 0.251 e. The number of piperazine rings is 1. The van der Waals surface area contributed by atoms with Crippen LogP contribution < -0.4 is 15.4 Å². The fourth-order valence-electron chi connectivity index (χ4n) is 2.79. The Bertz CT molecular complexity index is 690. The van der Waals surface area contributed by atoms with Crippen LogP contribution in [0.1, 0.15) is 37.6 Å². The van der Waals surface area contributed by atoms with Crippen molar-refractivity contribution >= 4 is 15.9 Å². The second-order valence-electron chi connectivity index (χ2n) is 7.58. The molecular formula is C18H30N4O3S. The summed E-state index contributed by atoms with van der Waals surface area (Å²) in [5.41, 5.74) is -0.0962. The first-order valence-electron chi connectivity index (χ1n) is 9.03. The van der Waals surface area contributed by atoms with E-state index in [2.05, 4.69) is 20.3 Å². The van der Waals surface area contributed by atoms with Gasteiger partial charge in [0.05, 0.1) is 4.90 Å². The molecule has 0 aromatic heterocycles. The first-order valence-corrected chi connectivity index (χ1v) is 10.5. The Labute approximate surface area is 156 Å². The van der Waals surface area contributed by atoms with E-state index in [9.17, 15) is 13.2 Å². The molecular weight excluding hydrogens is 352 g/mol. The molecule has 3 N–H and O–H groups in total. The van der Waals surface area contributed by atoms with Gasteiger partial charge in [-0.25, -0.2) is 13.1 Å². The average molecular weight is 383 g/mol. The number of hydrogen-bond donors (Lipinski definition) is 3. The molecule has 1 fully saturated rings. The Morgan fingerprint density at radius 1 is 1.15 bits per heavy atom. The van der Waals surface area contributed by atoms with Crippen LogP contribution in [-0.2, 0) is 10.0 Å². The minimum atomic E-state index is -3.59. The maximum atomic E-state index is 12.3. The van der Waals surface area contributed by atoms with Gasteiger partial charge in [-0.3, -0.25) is 4.79 Å². The monoisotopic (exact) mass is 382 g/mol. The lowest BCUT2D eigenvalue weighted by Gasteiger charge is -2.27. The van der Waals surface area contributed by atoms with Gasteiger partial charge in [-0.15, -0.1) is 0 Å². The van der Waals surface area contributed by atoms with Gasteiger partial charge in [0.15, 0.2) is 0 Å². The van der Waals surface area contributed by atoms with Gasteiger partial charge in [-0.05, 0) is 58.0 Å². The molecule has 1 aromatic rings. The zero-order chi connectivity index (χ0) is 19.2. The molecule has 0 spiro atoms. The highest BCUT2D eigenvalue weighted by Gasteiger charge is 2.22. The van der Waals surface area contributed by atoms with Crippen LogP contribution in [-0.4, -0.2) is 64.0 Å². The highest BCUT2D eigenvalue weighted by Crippen LogP contribution is 2.14. The molecule has 0 unspecified atom stereocenters. The average Bonchev–Trinajstić information content (AvgIpc) is 2.57. The second-order valence-corrected chi connectivity index (χ2v) is 9.26. The topological polar surface area (TPSA) is 90.5 Å². The van der Waals surface area contributed by atoms with Crippen molar-refractivity contribution < 1.29 is 13.2 Å². The number of hydrogen-bond acceptors (Lipinski definition) is 5. The summed E-state index contributed by atoms with van der Waals surface area (Å²) in [7, 11) is -3.59. The lowest BCUT2D eigenvalue weighted by molar-refractivity contribution is 0.0951. The SMILES string of the molecule is CC(C)(C)NS(=O)(=O)c1ccc(C(=O)NCCCN2CCNCC2)cc1. The molecule has 0 bridgehead atoms. The molecule has 1 aliphatic rings. The van der Waals surface area contributed by atoms with Crippen molar-refractivity contribution in [3.63, 3.8) is 0 Å². The van der Waals surface area contributed by atoms with E-state index >= 15 is 0 Å². The third-order valence-corrected chi connectivity index (χ3v) is 5.79. The van der Waals surface area contributed by atoms with Gasteiger partial charge in [-0.2, -0.15) is 0 Å². The van der Waals surface area contributed by atoms with E-state index in [-0.39, 0.29) is 10.8 Å². The quantitative estimate of drug-likeness (QED) is 0.607. The lowest BCUT2D eigenvalue weighted by atomic mass is 10.1. The molecule has 1 aliphatic heterocycles. The zero-order valence-corrected chi connectivity index (χ0v) is 16.7. The Balaban J connectivity index is 1.82. The molecule has 146 valence electrons. The molecule has 0 radical (unpaired) electrons. The molecule has 1 saturated heterocycles. The van der Waals surface area contributed by atoms with Crippen LogP contribution in [0, 0.1) is 0 Å². The van der Waals surface area contributed by atoms with Crippen LogP contribution >= 0.6 is 0 Å². The van der Waals surface area contributed by atoms with E-state index in [1.54, 1.807) is 32.9 Å². The molecule has 0 atom stereocenters. The molecule has 0 saturated carbocycles. The van der Waals surface area contributed by atoms with Gasteiger partial charge in [0.2, 0.25) is 10.0 Å². The maximum Gasteiger partial charge on any atom is 0.251 e. The third-order valence-electron chi connectivity index (χ3n) is 4.01. The second kappa shape index (κ2) is 8.94. The Hall–Kier alpha value is -1.48. The van der Waals surface area contributed by atoms with E-state index in [4.69, 9.17) is 0 Å². The van der Waals surface area contributed by atoms with Crippen molar-refractivity contribution in [3.8, 4) is 0 Å². The predicted octanol–water partition coefficient (Wildman–Crippen LogP) is 0.789. The first kappa shape index (κ1) is 20.8. The molecule has 1 aromatic carbocycles. The summed E-state index contributed by atoms with van der Waals surface area (Å²) in [6, 6.07) is 6.01. The fourth-order valence-corrected chi connectivity index (χ4v) is 4.21. The summed E-state index contributed by atoms with van der Waals surface area (Å²) in [4.78, 5) is 14.7. The van der Waals surface area contributed by atoms with E-state index in [1.165, 1.54) is 12.1 Å². The largest absolute Gasteiger partial charge is 0.352 e. The summed E-state index contributed by atoms with van der Waals surface area (Å²) < 4.78 is 27.1. The van der Waals surface area contributed by atoms with Crippen molar-refractivity contribution in [2.24, 2.45) is 0 Å². The van der Waals surface area contributed by atoms with Gasteiger partial charge in [0.25, 0.3) is 5.91 Å². The molecule has 8 heteroatoms. The van der Waals surface area contributed by atoms with Crippen molar-refractivity contribution in [2.45, 2.75) is 37.6 Å². The van der Waals surface area contributed by atoms with Crippen LogP contribution in [0.25, 0.3) is 0 Å². The van der Waals surface area contributed by atoms with Crippen LogP contribution in [0.4, 0.5) is 0 Å². The number of rotatable bonds is 7. The Morgan fingerprint density at radius 3 is 2.35 bits per heavy atom. The van der Waals surface area contributed by atoms with Gasteiger partial charge >= 0.3 is 0 Å². The fraction of sp³-hybridized carbons (Fsp3) is 0.611. The normalized spacial score (nSPS) is 16.4. The molecule has 7 nitrogen and oxygen atoms in total. The highest BCUT2D eigenvalue weighted by atomic mass is 32.2. The first-order chi connectivity index (χ1) is 12.2. The van der Waals surface area contributed by atoms with Crippen molar-refractivity contribution in [1.82, 2.24) is 20.3 Å². The van der Waals surface area contributed by atoms with Crippen molar-refractivity contribution in [2.75, 3.05) is 39.3 Å². The zero-order valence-electron chi connectivity index (χ0n) is 15.8. The number of nitrogens with zero attached hydrogens (tertiary/aromatic N) is 1. The standard InChI is InChI=1S/C18H30N4O3S/c1-18(2,3)21-26(24,25)16-7-5-15(6-8-16)17(23)20-9-4-12-22-13-10-19-11-14-22/h5-8,19,21H,4,9-14H2,1-3H3,(H,20,23). The summed E-state index contributed by atoms with van der Waals surface area (Å²) >= 11 is 0. The van der Waals surface area contributed by atoms with E-state index in [1.807, 2.05) is 0 Å². The third kappa shape index (κ3) is 6.68. The van der Waals surface area contributed by atoms with Crippen LogP contribution in [0.2, 0.25) is 0 Å². The summed E-state index contributed by atoms with van der Waals surface area (Å²) in [6.07, 6.45) is 0.897. The number of carbonyl (C=O) groups excluding carboxylic acids is 1. The van der Waals surface area contributed by atoms with Crippen LogP contribution in [0.3, 0.4) is 0 Å². The summed E-state index contributed by atoms with van der Waals surface area (Å²) in [6.45, 7) is 11.1. The molecule has 0 aliphatic carbocycles. The summed E-state index contributed by atoms with van der Waals surface area (Å²) in [5, 5.41) is 6.20. The number of carbonyl (C=O) groups is 1. The van der Waals surface area contributed by atoms with Crippen LogP contribution in [0.5, 0.6) is 0 Å². The number of sulfonamides is 1. The van der Waals surface area contributed by atoms with E-state index < -0.39 is 15.6 Å². The Morgan fingerprint density at radius 2 is 1.77 bits per heavy atom. The number of amides is 1. The van der Waals surface area contributed by atoms with E-state index in [0.717, 1.165) is 39.1 Å². The van der Waals surface area contributed by atoms with Gasteiger partial charge in [0, 0.05) is 43.8 Å². The van der Waals surface area contributed by atoms with Crippen molar-refractivity contribution in [3.05, 3.63) is 29.8 Å². The van der Waals surface area contributed by atoms with Gasteiger partial charge < -0.3 is 15.5 Å². The van der Waals surface area contributed by atoms with Crippen molar-refractivity contribution in [1.29, 1.82) is 0 Å². The van der Waals surface area contributed by atoms with Gasteiger partial charge in [-0.1, -0.05) is 0 Å². The minimum absolute atomic E-state index is 0.155. The lowest BCUT2D eigenvalue weighted by Crippen LogP contribution is -2.44. The van der Waals surface area contributed by atoms with Gasteiger partial charge in [0.1, 0.15) is 0 Å².